The molecule has 0 bridgehead atoms. The zero-order chi connectivity index (χ0) is 30.2. The molecule has 3 aromatic rings. The van der Waals surface area contributed by atoms with E-state index in [1.54, 1.807) is 12.1 Å². The molecule has 232 valence electrons. The van der Waals surface area contributed by atoms with Crippen molar-refractivity contribution in [1.29, 1.82) is 0 Å². The molecule has 3 aromatic carbocycles. The summed E-state index contributed by atoms with van der Waals surface area (Å²) in [6.07, 6.45) is 14.0. The molecular weight excluding hydrogens is 564 g/mol. The largest absolute Gasteiger partial charge is 0.481 e. The maximum atomic E-state index is 12.8. The van der Waals surface area contributed by atoms with Gasteiger partial charge in [0.05, 0.1) is 12.2 Å². The van der Waals surface area contributed by atoms with Gasteiger partial charge in [0, 0.05) is 26.6 Å². The van der Waals surface area contributed by atoms with E-state index < -0.39 is 5.97 Å². The highest BCUT2D eigenvalue weighted by Gasteiger charge is 2.23. The number of rotatable bonds is 12. The number of hydrogen-bond acceptors (Lipinski definition) is 6. The second-order valence-corrected chi connectivity index (χ2v) is 13.0. The molecule has 2 saturated carbocycles. The van der Waals surface area contributed by atoms with Crippen LogP contribution in [0.4, 0.5) is 0 Å². The minimum absolute atomic E-state index is 0.146. The van der Waals surface area contributed by atoms with Crippen LogP contribution in [0, 0.1) is 11.8 Å². The van der Waals surface area contributed by atoms with Gasteiger partial charge in [-0.3, -0.25) is 0 Å². The van der Waals surface area contributed by atoms with Crippen LogP contribution in [0.25, 0.3) is 21.5 Å². The molecule has 0 aromatic heterocycles. The van der Waals surface area contributed by atoms with Crippen LogP contribution < -0.4 is 9.47 Å². The highest BCUT2D eigenvalue weighted by atomic mass is 35.5. The Morgan fingerprint density at radius 1 is 0.674 bits per heavy atom. The van der Waals surface area contributed by atoms with E-state index in [1.165, 1.54) is 64.2 Å². The molecule has 0 radical (unpaired) electrons. The van der Waals surface area contributed by atoms with E-state index in [0.29, 0.717) is 33.7 Å². The molecule has 2 atom stereocenters. The number of esters is 2. The third-order valence-electron chi connectivity index (χ3n) is 9.00. The molecule has 43 heavy (non-hydrogen) atoms. The van der Waals surface area contributed by atoms with Gasteiger partial charge >= 0.3 is 11.9 Å². The third-order valence-corrected chi connectivity index (χ3v) is 9.24. The molecule has 0 heterocycles. The fraction of sp³-hybridized carbons (Fsp3) is 0.556. The molecule has 0 N–H and O–H groups in total. The van der Waals surface area contributed by atoms with Crippen molar-refractivity contribution < 1.29 is 28.5 Å². The minimum Gasteiger partial charge on any atom is -0.481 e. The van der Waals surface area contributed by atoms with Crippen LogP contribution in [0.1, 0.15) is 90.9 Å². The van der Waals surface area contributed by atoms with Gasteiger partial charge in [-0.15, -0.1) is 0 Å². The molecule has 0 aliphatic heterocycles. The summed E-state index contributed by atoms with van der Waals surface area (Å²) in [5.74, 6) is 1.54. The van der Waals surface area contributed by atoms with Crippen LogP contribution in [-0.4, -0.2) is 37.4 Å². The summed E-state index contributed by atoms with van der Waals surface area (Å²) in [5.41, 5.74) is 0. The van der Waals surface area contributed by atoms with Gasteiger partial charge in [-0.1, -0.05) is 100 Å². The van der Waals surface area contributed by atoms with Gasteiger partial charge < -0.3 is 18.9 Å². The molecule has 6 nitrogen and oxygen atoms in total. The predicted molar refractivity (Wildman–Crippen MR) is 171 cm³/mol. The molecule has 2 unspecified atom stereocenters. The van der Waals surface area contributed by atoms with Crippen molar-refractivity contribution in [3.63, 3.8) is 0 Å². The molecule has 5 rings (SSSR count). The molecule has 2 fully saturated rings. The number of benzene rings is 3. The number of carbonyl (C=O) groups excluding carboxylic acids is 2. The fourth-order valence-corrected chi connectivity index (χ4v) is 7.21. The Kier molecular flexibility index (Phi) is 11.1. The van der Waals surface area contributed by atoms with E-state index >= 15 is 0 Å². The van der Waals surface area contributed by atoms with Gasteiger partial charge in [0.2, 0.25) is 0 Å². The summed E-state index contributed by atoms with van der Waals surface area (Å²) in [6.45, 7) is 3.51. The van der Waals surface area contributed by atoms with Gasteiger partial charge in [-0.05, 0) is 56.7 Å². The van der Waals surface area contributed by atoms with Gasteiger partial charge in [0.25, 0.3) is 0 Å². The molecule has 0 amide bonds. The van der Waals surface area contributed by atoms with E-state index in [2.05, 4.69) is 0 Å². The van der Waals surface area contributed by atoms with Crippen molar-refractivity contribution in [1.82, 2.24) is 0 Å². The fourth-order valence-electron chi connectivity index (χ4n) is 7.04. The smallest absolute Gasteiger partial charge is 0.344 e. The third kappa shape index (κ3) is 8.56. The number of halogens is 1. The predicted octanol–water partition coefficient (Wildman–Crippen LogP) is 9.21. The Hall–Kier alpha value is -2.99. The first-order valence-corrected chi connectivity index (χ1v) is 16.5. The zero-order valence-electron chi connectivity index (χ0n) is 25.6. The monoisotopic (exact) mass is 608 g/mol. The van der Waals surface area contributed by atoms with E-state index in [9.17, 15) is 9.59 Å². The number of ether oxygens (including phenoxy) is 4. The lowest BCUT2D eigenvalue weighted by molar-refractivity contribution is -0.152. The number of carbonyl (C=O) groups is 2. The van der Waals surface area contributed by atoms with Gasteiger partial charge in [-0.25, -0.2) is 9.59 Å². The summed E-state index contributed by atoms with van der Waals surface area (Å²) >= 11 is 6.42. The Balaban J connectivity index is 1.28. The number of fused-ring (bicyclic) bond motifs is 2. The van der Waals surface area contributed by atoms with Crippen molar-refractivity contribution in [2.24, 2.45) is 11.8 Å². The normalized spacial score (nSPS) is 17.8. The summed E-state index contributed by atoms with van der Waals surface area (Å²) < 4.78 is 23.8. The van der Waals surface area contributed by atoms with E-state index in [0.717, 1.165) is 29.0 Å². The molecule has 0 saturated heterocycles. The van der Waals surface area contributed by atoms with E-state index in [-0.39, 0.29) is 31.4 Å². The maximum absolute atomic E-state index is 12.8. The average Bonchev–Trinajstić information content (AvgIpc) is 2.99. The topological polar surface area (TPSA) is 71.1 Å². The SMILES string of the molecule is CC(CC1CCCCC1)OC(=O)COc1c2ccccc2c(OCC(=O)OC(C)CC2CCCCC2)c2cc(Cl)ccc12. The second-order valence-electron chi connectivity index (χ2n) is 12.6. The molecule has 2 aliphatic carbocycles. The summed E-state index contributed by atoms with van der Waals surface area (Å²) in [5, 5.41) is 3.49. The molecule has 2 aliphatic rings. The quantitative estimate of drug-likeness (QED) is 0.151. The lowest BCUT2D eigenvalue weighted by atomic mass is 9.86. The van der Waals surface area contributed by atoms with Gasteiger partial charge in [0.1, 0.15) is 11.5 Å². The Bertz CT molecular complexity index is 1390. The van der Waals surface area contributed by atoms with Crippen molar-refractivity contribution in [2.75, 3.05) is 13.2 Å². The molecule has 7 heteroatoms. The summed E-state index contributed by atoms with van der Waals surface area (Å²) in [7, 11) is 0. The first-order valence-electron chi connectivity index (χ1n) is 16.2. The molecular formula is C36H45ClO6. The minimum atomic E-state index is -0.395. The second kappa shape index (κ2) is 15.1. The number of hydrogen-bond donors (Lipinski definition) is 0. The van der Waals surface area contributed by atoms with Gasteiger partial charge in [-0.2, -0.15) is 0 Å². The summed E-state index contributed by atoms with van der Waals surface area (Å²) in [6, 6.07) is 13.1. The van der Waals surface area contributed by atoms with Gasteiger partial charge in [0.15, 0.2) is 13.2 Å². The van der Waals surface area contributed by atoms with E-state index in [4.69, 9.17) is 30.5 Å². The van der Waals surface area contributed by atoms with Crippen LogP contribution in [0.2, 0.25) is 5.02 Å². The average molecular weight is 609 g/mol. The van der Waals surface area contributed by atoms with Crippen LogP contribution in [0.3, 0.4) is 0 Å². The summed E-state index contributed by atoms with van der Waals surface area (Å²) in [4.78, 5) is 25.6. The van der Waals surface area contributed by atoms with Crippen molar-refractivity contribution >= 4 is 45.1 Å². The Morgan fingerprint density at radius 2 is 1.12 bits per heavy atom. The van der Waals surface area contributed by atoms with Crippen molar-refractivity contribution in [2.45, 2.75) is 103 Å². The van der Waals surface area contributed by atoms with Crippen molar-refractivity contribution in [3.05, 3.63) is 47.5 Å². The molecule has 0 spiro atoms. The Labute approximate surface area is 260 Å². The van der Waals surface area contributed by atoms with Crippen LogP contribution >= 0.6 is 11.6 Å². The first-order chi connectivity index (χ1) is 20.9. The maximum Gasteiger partial charge on any atom is 0.344 e. The van der Waals surface area contributed by atoms with Crippen molar-refractivity contribution in [3.8, 4) is 11.5 Å². The zero-order valence-corrected chi connectivity index (χ0v) is 26.3. The lowest BCUT2D eigenvalue weighted by Crippen LogP contribution is -2.24. The highest BCUT2D eigenvalue weighted by molar-refractivity contribution is 6.31. The van der Waals surface area contributed by atoms with Crippen LogP contribution in [0.5, 0.6) is 11.5 Å². The highest BCUT2D eigenvalue weighted by Crippen LogP contribution is 2.43. The van der Waals surface area contributed by atoms with E-state index in [1.807, 2.05) is 44.2 Å². The van der Waals surface area contributed by atoms with Crippen LogP contribution in [0.15, 0.2) is 42.5 Å². The lowest BCUT2D eigenvalue weighted by Gasteiger charge is -2.25. The standard InChI is InChI=1S/C36H45ClO6/c1-24(19-26-11-5-3-6-12-26)42-33(38)22-40-35-29-15-9-10-16-30(29)36(32-21-28(37)17-18-31(32)35)41-23-34(39)43-25(2)20-27-13-7-4-8-14-27/h9-10,15-18,21,24-27H,3-8,11-14,19-20,22-23H2,1-2H3. The Morgan fingerprint density at radius 3 is 1.60 bits per heavy atom. The van der Waals surface area contributed by atoms with Crippen LogP contribution in [-0.2, 0) is 19.1 Å². The first kappa shape index (κ1) is 31.4.